The Bertz CT molecular complexity index is 545. The Morgan fingerprint density at radius 2 is 2.11 bits per heavy atom. The standard InChI is InChI=1S/C15H16N2O/c18-13-6-3-5-12(11-13)14-7-1-2-8-15(14)17-10-4-9-16-17/h1-2,4,7-10,12H,3,5-6,11H2. The molecule has 0 radical (unpaired) electrons. The number of para-hydroxylation sites is 1. The van der Waals surface area contributed by atoms with Gasteiger partial charge in [0.1, 0.15) is 5.78 Å². The lowest BCUT2D eigenvalue weighted by molar-refractivity contribution is -0.120. The summed E-state index contributed by atoms with van der Waals surface area (Å²) in [7, 11) is 0. The third-order valence-corrected chi connectivity index (χ3v) is 3.61. The number of carbonyl (C=O) groups excluding carboxylic acids is 1. The van der Waals surface area contributed by atoms with E-state index in [1.54, 1.807) is 6.20 Å². The normalized spacial score (nSPS) is 20.0. The van der Waals surface area contributed by atoms with Crippen molar-refractivity contribution in [3.8, 4) is 5.69 Å². The quantitative estimate of drug-likeness (QED) is 0.808. The molecule has 1 aromatic heterocycles. The Balaban J connectivity index is 1.99. The van der Waals surface area contributed by atoms with Crippen LogP contribution in [0.3, 0.4) is 0 Å². The monoisotopic (exact) mass is 240 g/mol. The Labute approximate surface area is 106 Å². The molecule has 0 spiro atoms. The van der Waals surface area contributed by atoms with Crippen molar-refractivity contribution in [2.45, 2.75) is 31.6 Å². The Hall–Kier alpha value is -1.90. The van der Waals surface area contributed by atoms with Crippen LogP contribution in [0.5, 0.6) is 0 Å². The van der Waals surface area contributed by atoms with E-state index in [0.29, 0.717) is 18.1 Å². The smallest absolute Gasteiger partial charge is 0.133 e. The average molecular weight is 240 g/mol. The van der Waals surface area contributed by atoms with Crippen molar-refractivity contribution in [3.63, 3.8) is 0 Å². The van der Waals surface area contributed by atoms with Gasteiger partial charge in [-0.3, -0.25) is 4.79 Å². The van der Waals surface area contributed by atoms with E-state index in [4.69, 9.17) is 0 Å². The van der Waals surface area contributed by atoms with Gasteiger partial charge in [0, 0.05) is 25.2 Å². The highest BCUT2D eigenvalue weighted by atomic mass is 16.1. The van der Waals surface area contributed by atoms with Gasteiger partial charge < -0.3 is 0 Å². The van der Waals surface area contributed by atoms with Crippen LogP contribution < -0.4 is 0 Å². The summed E-state index contributed by atoms with van der Waals surface area (Å²) in [6.45, 7) is 0. The minimum absolute atomic E-state index is 0.353. The molecule has 18 heavy (non-hydrogen) atoms. The highest BCUT2D eigenvalue weighted by molar-refractivity contribution is 5.80. The number of Topliss-reactive ketones (excluding diaryl/α,β-unsaturated/α-hetero) is 1. The highest BCUT2D eigenvalue weighted by Gasteiger charge is 2.23. The maximum Gasteiger partial charge on any atom is 0.133 e. The summed E-state index contributed by atoms with van der Waals surface area (Å²) in [5, 5.41) is 4.29. The van der Waals surface area contributed by atoms with Gasteiger partial charge in [-0.15, -0.1) is 0 Å². The summed E-state index contributed by atoms with van der Waals surface area (Å²) in [5.74, 6) is 0.744. The number of aromatic nitrogens is 2. The van der Waals surface area contributed by atoms with Gasteiger partial charge in [0.15, 0.2) is 0 Å². The van der Waals surface area contributed by atoms with Gasteiger partial charge in [-0.1, -0.05) is 18.2 Å². The van der Waals surface area contributed by atoms with E-state index in [1.165, 1.54) is 5.56 Å². The van der Waals surface area contributed by atoms with Gasteiger partial charge in [0.2, 0.25) is 0 Å². The largest absolute Gasteiger partial charge is 0.300 e. The number of nitrogens with zero attached hydrogens (tertiary/aromatic N) is 2. The summed E-state index contributed by atoms with van der Waals surface area (Å²) in [4.78, 5) is 11.6. The zero-order chi connectivity index (χ0) is 12.4. The second kappa shape index (κ2) is 4.77. The average Bonchev–Trinajstić information content (AvgIpc) is 2.92. The van der Waals surface area contributed by atoms with Crippen LogP contribution in [0.2, 0.25) is 0 Å². The fourth-order valence-corrected chi connectivity index (χ4v) is 2.74. The summed E-state index contributed by atoms with van der Waals surface area (Å²) in [6, 6.07) is 10.2. The molecule has 1 unspecified atom stereocenters. The number of carbonyl (C=O) groups is 1. The van der Waals surface area contributed by atoms with E-state index in [0.717, 1.165) is 24.9 Å². The van der Waals surface area contributed by atoms with Crippen molar-refractivity contribution in [2.24, 2.45) is 0 Å². The molecule has 0 saturated heterocycles. The molecule has 1 saturated carbocycles. The molecule has 2 aromatic rings. The van der Waals surface area contributed by atoms with Crippen LogP contribution in [0.4, 0.5) is 0 Å². The molecule has 92 valence electrons. The number of benzene rings is 1. The third kappa shape index (κ3) is 2.08. The lowest BCUT2D eigenvalue weighted by Gasteiger charge is -2.23. The van der Waals surface area contributed by atoms with Gasteiger partial charge in [-0.2, -0.15) is 5.10 Å². The van der Waals surface area contributed by atoms with E-state index in [9.17, 15) is 4.79 Å². The maximum absolute atomic E-state index is 11.6. The Kier molecular flexibility index (Phi) is 2.97. The Morgan fingerprint density at radius 3 is 2.89 bits per heavy atom. The predicted molar refractivity (Wildman–Crippen MR) is 69.8 cm³/mol. The summed E-state index contributed by atoms with van der Waals surface area (Å²) < 4.78 is 1.88. The van der Waals surface area contributed by atoms with Crippen molar-refractivity contribution in [1.82, 2.24) is 9.78 Å². The Morgan fingerprint density at radius 1 is 1.22 bits per heavy atom. The molecule has 3 nitrogen and oxygen atoms in total. The zero-order valence-electron chi connectivity index (χ0n) is 10.2. The van der Waals surface area contributed by atoms with Crippen molar-refractivity contribution < 1.29 is 4.79 Å². The van der Waals surface area contributed by atoms with Crippen LogP contribution >= 0.6 is 0 Å². The summed E-state index contributed by atoms with van der Waals surface area (Å²) in [6.07, 6.45) is 7.27. The topological polar surface area (TPSA) is 34.9 Å². The predicted octanol–water partition coefficient (Wildman–Crippen LogP) is 3.10. The number of ketones is 1. The molecule has 3 rings (SSSR count). The molecule has 0 N–H and O–H groups in total. The zero-order valence-corrected chi connectivity index (χ0v) is 10.2. The molecule has 1 aliphatic rings. The molecule has 1 aromatic carbocycles. The van der Waals surface area contributed by atoms with E-state index in [2.05, 4.69) is 17.2 Å². The highest BCUT2D eigenvalue weighted by Crippen LogP contribution is 2.33. The van der Waals surface area contributed by atoms with Gasteiger partial charge >= 0.3 is 0 Å². The van der Waals surface area contributed by atoms with Crippen molar-refractivity contribution >= 4 is 5.78 Å². The first kappa shape index (κ1) is 11.2. The first-order valence-corrected chi connectivity index (χ1v) is 6.45. The first-order chi connectivity index (χ1) is 8.84. The molecule has 3 heteroatoms. The molecule has 0 bridgehead atoms. The molecule has 1 aliphatic carbocycles. The second-order valence-electron chi connectivity index (χ2n) is 4.84. The van der Waals surface area contributed by atoms with E-state index >= 15 is 0 Å². The van der Waals surface area contributed by atoms with Crippen LogP contribution in [0, 0.1) is 0 Å². The van der Waals surface area contributed by atoms with E-state index in [1.807, 2.05) is 29.1 Å². The SMILES string of the molecule is O=C1CCCC(c2ccccc2-n2cccn2)C1. The minimum Gasteiger partial charge on any atom is -0.300 e. The molecule has 0 aliphatic heterocycles. The van der Waals surface area contributed by atoms with Crippen molar-refractivity contribution in [3.05, 3.63) is 48.3 Å². The van der Waals surface area contributed by atoms with E-state index in [-0.39, 0.29) is 0 Å². The number of hydrogen-bond donors (Lipinski definition) is 0. The molecule has 1 fully saturated rings. The van der Waals surface area contributed by atoms with Crippen LogP contribution in [-0.4, -0.2) is 15.6 Å². The fraction of sp³-hybridized carbons (Fsp3) is 0.333. The van der Waals surface area contributed by atoms with E-state index < -0.39 is 0 Å². The van der Waals surface area contributed by atoms with Gasteiger partial charge in [-0.05, 0) is 36.5 Å². The molecule has 0 amide bonds. The first-order valence-electron chi connectivity index (χ1n) is 6.45. The minimum atomic E-state index is 0.353. The number of hydrogen-bond acceptors (Lipinski definition) is 2. The fourth-order valence-electron chi connectivity index (χ4n) is 2.74. The van der Waals surface area contributed by atoms with Gasteiger partial charge in [0.25, 0.3) is 0 Å². The molecule has 1 heterocycles. The molecular weight excluding hydrogens is 224 g/mol. The van der Waals surface area contributed by atoms with Crippen LogP contribution in [0.15, 0.2) is 42.7 Å². The van der Waals surface area contributed by atoms with Crippen molar-refractivity contribution in [1.29, 1.82) is 0 Å². The van der Waals surface area contributed by atoms with Crippen molar-refractivity contribution in [2.75, 3.05) is 0 Å². The number of rotatable bonds is 2. The lowest BCUT2D eigenvalue weighted by Crippen LogP contribution is -2.15. The van der Waals surface area contributed by atoms with Gasteiger partial charge in [-0.25, -0.2) is 4.68 Å². The summed E-state index contributed by atoms with van der Waals surface area (Å²) in [5.41, 5.74) is 2.34. The van der Waals surface area contributed by atoms with Gasteiger partial charge in [0.05, 0.1) is 5.69 Å². The third-order valence-electron chi connectivity index (χ3n) is 3.61. The lowest BCUT2D eigenvalue weighted by atomic mass is 9.82. The maximum atomic E-state index is 11.6. The van der Waals surface area contributed by atoms with Crippen LogP contribution in [0.1, 0.15) is 37.2 Å². The van der Waals surface area contributed by atoms with Crippen LogP contribution in [-0.2, 0) is 4.79 Å². The molecule has 1 atom stereocenters. The second-order valence-corrected chi connectivity index (χ2v) is 4.84. The molecular formula is C15H16N2O. The summed E-state index contributed by atoms with van der Waals surface area (Å²) >= 11 is 0. The van der Waals surface area contributed by atoms with Crippen LogP contribution in [0.25, 0.3) is 5.69 Å².